The van der Waals surface area contributed by atoms with Crippen molar-refractivity contribution in [1.29, 1.82) is 0 Å². The van der Waals surface area contributed by atoms with E-state index in [1.807, 2.05) is 13.8 Å². The van der Waals surface area contributed by atoms with Gasteiger partial charge in [-0.15, -0.1) is 0 Å². The van der Waals surface area contributed by atoms with Crippen molar-refractivity contribution < 1.29 is 14.6 Å². The van der Waals surface area contributed by atoms with Gasteiger partial charge in [-0.2, -0.15) is 0 Å². The minimum atomic E-state index is -0.528. The van der Waals surface area contributed by atoms with E-state index in [-0.39, 0.29) is 11.9 Å². The van der Waals surface area contributed by atoms with Gasteiger partial charge >= 0.3 is 0 Å². The minimum absolute atomic E-state index is 0.0973. The van der Waals surface area contributed by atoms with Crippen LogP contribution in [0.15, 0.2) is 12.1 Å². The molecule has 6 nitrogen and oxygen atoms in total. The Morgan fingerprint density at radius 2 is 1.75 bits per heavy atom. The van der Waals surface area contributed by atoms with E-state index in [1.165, 1.54) is 5.56 Å². The van der Waals surface area contributed by atoms with E-state index in [9.17, 15) is 9.90 Å². The molecule has 1 aliphatic heterocycles. The maximum absolute atomic E-state index is 12.0. The molecular formula is C22H37N3O3. The van der Waals surface area contributed by atoms with Gasteiger partial charge < -0.3 is 15.2 Å². The van der Waals surface area contributed by atoms with Crippen LogP contribution in [0.25, 0.3) is 0 Å². The highest BCUT2D eigenvalue weighted by Gasteiger charge is 2.21. The number of aliphatic hydroxyl groups is 1. The van der Waals surface area contributed by atoms with E-state index in [2.05, 4.69) is 48.0 Å². The van der Waals surface area contributed by atoms with Crippen molar-refractivity contribution in [2.45, 2.75) is 53.2 Å². The zero-order chi connectivity index (χ0) is 20.7. The summed E-state index contributed by atoms with van der Waals surface area (Å²) in [6.07, 6.45) is 0.417. The molecule has 0 radical (unpaired) electrons. The lowest BCUT2D eigenvalue weighted by molar-refractivity contribution is -0.123. The van der Waals surface area contributed by atoms with E-state index < -0.39 is 6.10 Å². The molecule has 6 heteroatoms. The zero-order valence-corrected chi connectivity index (χ0v) is 18.1. The fourth-order valence-corrected chi connectivity index (χ4v) is 3.43. The Kier molecular flexibility index (Phi) is 8.73. The zero-order valence-electron chi connectivity index (χ0n) is 18.1. The Hall–Kier alpha value is -1.63. The first-order valence-corrected chi connectivity index (χ1v) is 10.4. The third kappa shape index (κ3) is 6.76. The summed E-state index contributed by atoms with van der Waals surface area (Å²) < 4.78 is 5.93. The molecule has 1 aliphatic rings. The lowest BCUT2D eigenvalue weighted by Crippen LogP contribution is -2.51. The number of hydrogen-bond acceptors (Lipinski definition) is 5. The average molecular weight is 392 g/mol. The molecule has 0 saturated carbocycles. The third-order valence-corrected chi connectivity index (χ3v) is 5.61. The number of benzene rings is 1. The van der Waals surface area contributed by atoms with Gasteiger partial charge in [0.05, 0.1) is 6.54 Å². The van der Waals surface area contributed by atoms with Crippen LogP contribution in [-0.4, -0.2) is 78.8 Å². The molecule has 2 N–H and O–H groups in total. The molecule has 0 spiro atoms. The highest BCUT2D eigenvalue weighted by atomic mass is 16.5. The van der Waals surface area contributed by atoms with Crippen molar-refractivity contribution >= 4 is 5.91 Å². The summed E-state index contributed by atoms with van der Waals surface area (Å²) in [5.41, 5.74) is 3.43. The Bertz CT molecular complexity index is 642. The maximum Gasteiger partial charge on any atom is 0.234 e. The highest BCUT2D eigenvalue weighted by molar-refractivity contribution is 5.78. The molecule has 1 amide bonds. The summed E-state index contributed by atoms with van der Waals surface area (Å²) in [6.45, 7) is 15.0. The minimum Gasteiger partial charge on any atom is -0.490 e. The molecule has 2 unspecified atom stereocenters. The van der Waals surface area contributed by atoms with Gasteiger partial charge in [-0.25, -0.2) is 0 Å². The van der Waals surface area contributed by atoms with Crippen LogP contribution in [0.5, 0.6) is 5.75 Å². The maximum atomic E-state index is 12.0. The number of amides is 1. The molecular weight excluding hydrogens is 354 g/mol. The molecule has 0 aromatic heterocycles. The summed E-state index contributed by atoms with van der Waals surface area (Å²) >= 11 is 0. The fraction of sp³-hybridized carbons (Fsp3) is 0.682. The number of carbonyl (C=O) groups is 1. The van der Waals surface area contributed by atoms with Crippen LogP contribution in [-0.2, 0) is 4.79 Å². The van der Waals surface area contributed by atoms with Crippen molar-refractivity contribution in [3.05, 3.63) is 28.8 Å². The predicted octanol–water partition coefficient (Wildman–Crippen LogP) is 1.88. The van der Waals surface area contributed by atoms with Gasteiger partial charge in [-0.1, -0.05) is 19.1 Å². The SMILES string of the molecule is CCC(C)NC(=O)CN1CCN(CC(O)COc2c(C)ccc(C)c2C)CC1. The second-order valence-corrected chi connectivity index (χ2v) is 8.07. The standard InChI is InChI=1S/C22H37N3O3/c1-6-18(4)23-21(27)14-25-11-9-24(10-12-25)13-20(26)15-28-22-17(3)8-7-16(2)19(22)5/h7-8,18,20,26H,6,9-15H2,1-5H3,(H,23,27). The largest absolute Gasteiger partial charge is 0.490 e. The Morgan fingerprint density at radius 1 is 1.14 bits per heavy atom. The molecule has 0 aliphatic carbocycles. The molecule has 0 bridgehead atoms. The number of piperazine rings is 1. The number of rotatable bonds is 9. The van der Waals surface area contributed by atoms with E-state index in [1.54, 1.807) is 0 Å². The van der Waals surface area contributed by atoms with Gasteiger partial charge in [0.2, 0.25) is 5.91 Å². The Labute approximate surface area is 169 Å². The summed E-state index contributed by atoms with van der Waals surface area (Å²) in [4.78, 5) is 16.4. The quantitative estimate of drug-likeness (QED) is 0.673. The van der Waals surface area contributed by atoms with Gasteiger partial charge in [-0.3, -0.25) is 14.6 Å². The second-order valence-electron chi connectivity index (χ2n) is 8.07. The summed E-state index contributed by atoms with van der Waals surface area (Å²) in [7, 11) is 0. The molecule has 1 heterocycles. The smallest absolute Gasteiger partial charge is 0.234 e. The number of carbonyl (C=O) groups excluding carboxylic acids is 1. The van der Waals surface area contributed by atoms with Crippen molar-refractivity contribution in [2.24, 2.45) is 0 Å². The normalized spacial score (nSPS) is 17.9. The number of ether oxygens (including phenoxy) is 1. The number of nitrogens with one attached hydrogen (secondary N) is 1. The second kappa shape index (κ2) is 10.8. The van der Waals surface area contributed by atoms with Crippen LogP contribution in [0.3, 0.4) is 0 Å². The van der Waals surface area contributed by atoms with Gasteiger partial charge in [0.1, 0.15) is 18.5 Å². The van der Waals surface area contributed by atoms with E-state index in [4.69, 9.17) is 4.74 Å². The first-order valence-electron chi connectivity index (χ1n) is 10.4. The first-order chi connectivity index (χ1) is 13.3. The Balaban J connectivity index is 1.71. The van der Waals surface area contributed by atoms with Crippen LogP contribution in [0.1, 0.15) is 37.0 Å². The molecule has 28 heavy (non-hydrogen) atoms. The molecule has 1 aromatic rings. The predicted molar refractivity (Wildman–Crippen MR) is 113 cm³/mol. The molecule has 1 aromatic carbocycles. The van der Waals surface area contributed by atoms with E-state index in [0.717, 1.165) is 49.5 Å². The highest BCUT2D eigenvalue weighted by Crippen LogP contribution is 2.25. The number of nitrogens with zero attached hydrogens (tertiary/aromatic N) is 2. The molecule has 158 valence electrons. The third-order valence-electron chi connectivity index (χ3n) is 5.61. The molecule has 1 fully saturated rings. The number of hydrogen-bond donors (Lipinski definition) is 2. The fourth-order valence-electron chi connectivity index (χ4n) is 3.43. The van der Waals surface area contributed by atoms with Gasteiger partial charge in [-0.05, 0) is 50.8 Å². The van der Waals surface area contributed by atoms with E-state index >= 15 is 0 Å². The van der Waals surface area contributed by atoms with Gasteiger partial charge in [0, 0.05) is 38.8 Å². The molecule has 2 rings (SSSR count). The van der Waals surface area contributed by atoms with Gasteiger partial charge in [0.15, 0.2) is 0 Å². The van der Waals surface area contributed by atoms with E-state index in [0.29, 0.717) is 19.7 Å². The summed E-state index contributed by atoms with van der Waals surface area (Å²) in [5, 5.41) is 13.4. The summed E-state index contributed by atoms with van der Waals surface area (Å²) in [6, 6.07) is 4.38. The topological polar surface area (TPSA) is 65.0 Å². The number of β-amino-alcohol motifs (C(OH)–C–C–N with tert-alkyl or cyclic N) is 1. The van der Waals surface area contributed by atoms with Crippen molar-refractivity contribution in [3.63, 3.8) is 0 Å². The van der Waals surface area contributed by atoms with Crippen LogP contribution in [0.2, 0.25) is 0 Å². The van der Waals surface area contributed by atoms with Crippen molar-refractivity contribution in [1.82, 2.24) is 15.1 Å². The average Bonchev–Trinajstić information content (AvgIpc) is 2.66. The van der Waals surface area contributed by atoms with Gasteiger partial charge in [0.25, 0.3) is 0 Å². The number of aryl methyl sites for hydroxylation is 2. The summed E-state index contributed by atoms with van der Waals surface area (Å²) in [5.74, 6) is 0.983. The van der Waals surface area contributed by atoms with Crippen molar-refractivity contribution in [3.8, 4) is 5.75 Å². The monoisotopic (exact) mass is 391 g/mol. The molecule has 1 saturated heterocycles. The Morgan fingerprint density at radius 3 is 2.39 bits per heavy atom. The van der Waals surface area contributed by atoms with Crippen molar-refractivity contribution in [2.75, 3.05) is 45.9 Å². The van der Waals surface area contributed by atoms with Crippen LogP contribution in [0.4, 0.5) is 0 Å². The van der Waals surface area contributed by atoms with Crippen LogP contribution < -0.4 is 10.1 Å². The lowest BCUT2D eigenvalue weighted by atomic mass is 10.1. The van der Waals surface area contributed by atoms with Crippen LogP contribution >= 0.6 is 0 Å². The van der Waals surface area contributed by atoms with Crippen LogP contribution in [0, 0.1) is 20.8 Å². The molecule has 2 atom stereocenters. The number of aliphatic hydroxyl groups excluding tert-OH is 1. The first kappa shape index (κ1) is 22.7. The lowest BCUT2D eigenvalue weighted by Gasteiger charge is -2.35.